The van der Waals surface area contributed by atoms with Gasteiger partial charge in [0.2, 0.25) is 0 Å². The Balaban J connectivity index is 1.86. The van der Waals surface area contributed by atoms with Gasteiger partial charge in [0.05, 0.1) is 5.56 Å². The van der Waals surface area contributed by atoms with Crippen molar-refractivity contribution in [3.63, 3.8) is 0 Å². The molecule has 0 saturated carbocycles. The van der Waals surface area contributed by atoms with Crippen molar-refractivity contribution in [1.82, 2.24) is 0 Å². The van der Waals surface area contributed by atoms with E-state index >= 15 is 0 Å². The van der Waals surface area contributed by atoms with Crippen LogP contribution >= 0.6 is 0 Å². The molecule has 5 heteroatoms. The van der Waals surface area contributed by atoms with Crippen LogP contribution in [0.4, 0.5) is 8.78 Å². The average Bonchev–Trinajstić information content (AvgIpc) is 2.79. The lowest BCUT2D eigenvalue weighted by atomic mass is 10.0. The lowest BCUT2D eigenvalue weighted by Crippen LogP contribution is -2.00. The van der Waals surface area contributed by atoms with Gasteiger partial charge in [-0.15, -0.1) is 0 Å². The molecule has 3 nitrogen and oxygen atoms in total. The van der Waals surface area contributed by atoms with Crippen LogP contribution in [0.25, 0.3) is 10.8 Å². The van der Waals surface area contributed by atoms with Crippen molar-refractivity contribution < 1.29 is 23.1 Å². The number of fused-ring (bicyclic) bond motifs is 1. The fraction of sp³-hybridized carbons (Fsp3) is 0.0769. The van der Waals surface area contributed by atoms with Crippen LogP contribution in [-0.4, -0.2) is 11.8 Å². The summed E-state index contributed by atoms with van der Waals surface area (Å²) < 4.78 is 34.1. The number of carbonyl (C=O) groups excluding carboxylic acids is 2. The molecular formula is C26H18F2O3. The molecular weight excluding hydrogens is 398 g/mol. The summed E-state index contributed by atoms with van der Waals surface area (Å²) in [5, 5.41) is 0.548. The van der Waals surface area contributed by atoms with Crippen LogP contribution in [0.1, 0.15) is 22.3 Å². The number of benzene rings is 3. The Hall–Kier alpha value is -4.04. The van der Waals surface area contributed by atoms with E-state index in [0.29, 0.717) is 16.5 Å². The van der Waals surface area contributed by atoms with Crippen LogP contribution in [0, 0.1) is 23.5 Å². The summed E-state index contributed by atoms with van der Waals surface area (Å²) in [7, 11) is 0. The zero-order valence-electron chi connectivity index (χ0n) is 16.6. The highest BCUT2D eigenvalue weighted by molar-refractivity contribution is 5.90. The summed E-state index contributed by atoms with van der Waals surface area (Å²) in [6, 6.07) is 13.1. The average molecular weight is 416 g/mol. The molecule has 0 amide bonds. The first-order valence-electron chi connectivity index (χ1n) is 9.37. The smallest absolute Gasteiger partial charge is 0.330 e. The van der Waals surface area contributed by atoms with Crippen LogP contribution in [0.2, 0.25) is 0 Å². The second-order valence-corrected chi connectivity index (χ2v) is 6.71. The molecule has 0 aliphatic rings. The number of ether oxygens (including phenoxy) is 1. The molecule has 0 radical (unpaired) electrons. The van der Waals surface area contributed by atoms with Crippen LogP contribution in [0.15, 0.2) is 73.8 Å². The molecule has 0 fully saturated rings. The number of hydrogen-bond acceptors (Lipinski definition) is 3. The van der Waals surface area contributed by atoms with E-state index in [1.807, 2.05) is 0 Å². The van der Waals surface area contributed by atoms with E-state index < -0.39 is 17.6 Å². The monoisotopic (exact) mass is 416 g/mol. The first kappa shape index (κ1) is 21.7. The molecule has 0 unspecified atom stereocenters. The summed E-state index contributed by atoms with van der Waals surface area (Å²) in [6.45, 7) is 6.67. The highest BCUT2D eigenvalue weighted by Gasteiger charge is 2.13. The van der Waals surface area contributed by atoms with Gasteiger partial charge < -0.3 is 4.74 Å². The normalized spacial score (nSPS) is 10.1. The third-order valence-corrected chi connectivity index (χ3v) is 4.53. The third-order valence-electron chi connectivity index (χ3n) is 4.53. The van der Waals surface area contributed by atoms with Crippen molar-refractivity contribution in [2.75, 3.05) is 0 Å². The maximum atomic E-state index is 14.6. The van der Waals surface area contributed by atoms with Gasteiger partial charge in [-0.2, -0.15) is 0 Å². The predicted molar refractivity (Wildman–Crippen MR) is 115 cm³/mol. The number of carbonyl (C=O) groups is 2. The summed E-state index contributed by atoms with van der Waals surface area (Å²) in [5.41, 5.74) is 1.87. The number of rotatable bonds is 6. The van der Waals surface area contributed by atoms with Gasteiger partial charge in [-0.25, -0.2) is 13.6 Å². The van der Waals surface area contributed by atoms with E-state index in [1.165, 1.54) is 18.2 Å². The standard InChI is InChI=1S/C26H18F2O3/c1-3-22(29)13-18-7-5-17(6-8-18)9-12-21-15-20-11-10-19(16-31-24(30)4-2)14-23(20)26(28)25(21)27/h3-8,10-11,14-15H,1-2,13,16H2. The van der Waals surface area contributed by atoms with Gasteiger partial charge in [0.15, 0.2) is 17.4 Å². The molecule has 0 bridgehead atoms. The Kier molecular flexibility index (Phi) is 6.74. The van der Waals surface area contributed by atoms with Crippen molar-refractivity contribution in [3.05, 3.63) is 108 Å². The molecule has 3 aromatic rings. The molecule has 0 aliphatic heterocycles. The molecule has 0 aromatic heterocycles. The largest absolute Gasteiger partial charge is 0.458 e. The van der Waals surface area contributed by atoms with E-state index in [-0.39, 0.29) is 29.8 Å². The van der Waals surface area contributed by atoms with E-state index in [1.54, 1.807) is 36.4 Å². The zero-order valence-corrected chi connectivity index (χ0v) is 16.6. The fourth-order valence-electron chi connectivity index (χ4n) is 2.89. The van der Waals surface area contributed by atoms with Gasteiger partial charge >= 0.3 is 5.97 Å². The Bertz CT molecular complexity index is 1250. The quantitative estimate of drug-likeness (QED) is 0.321. The molecule has 0 saturated heterocycles. The Morgan fingerprint density at radius 1 is 0.903 bits per heavy atom. The number of esters is 1. The van der Waals surface area contributed by atoms with Crippen LogP contribution < -0.4 is 0 Å². The minimum atomic E-state index is -1.05. The van der Waals surface area contributed by atoms with Gasteiger partial charge in [0.1, 0.15) is 6.61 Å². The van der Waals surface area contributed by atoms with Gasteiger partial charge in [0.25, 0.3) is 0 Å². The van der Waals surface area contributed by atoms with Gasteiger partial charge in [-0.05, 0) is 46.9 Å². The van der Waals surface area contributed by atoms with E-state index in [2.05, 4.69) is 25.0 Å². The zero-order chi connectivity index (χ0) is 22.4. The highest BCUT2D eigenvalue weighted by Crippen LogP contribution is 2.25. The summed E-state index contributed by atoms with van der Waals surface area (Å²) >= 11 is 0. The van der Waals surface area contributed by atoms with Crippen molar-refractivity contribution in [2.45, 2.75) is 13.0 Å². The SMILES string of the molecule is C=CC(=O)Cc1ccc(C#Cc2cc3ccc(COC(=O)C=C)cc3c(F)c2F)cc1. The van der Waals surface area contributed by atoms with Crippen LogP contribution in [0.3, 0.4) is 0 Å². The van der Waals surface area contributed by atoms with Crippen molar-refractivity contribution in [1.29, 1.82) is 0 Å². The molecule has 3 rings (SSSR count). The molecule has 0 atom stereocenters. The van der Waals surface area contributed by atoms with Gasteiger partial charge in [-0.1, -0.05) is 49.3 Å². The third kappa shape index (κ3) is 5.31. The lowest BCUT2D eigenvalue weighted by Gasteiger charge is -2.07. The minimum absolute atomic E-state index is 0.0678. The summed E-state index contributed by atoms with van der Waals surface area (Å²) in [5.74, 6) is 2.73. The Labute approximate surface area is 178 Å². The summed E-state index contributed by atoms with van der Waals surface area (Å²) in [6.07, 6.45) is 2.54. The van der Waals surface area contributed by atoms with E-state index in [4.69, 9.17) is 4.74 Å². The molecule has 0 N–H and O–H groups in total. The maximum Gasteiger partial charge on any atom is 0.330 e. The number of halogens is 2. The van der Waals surface area contributed by atoms with Crippen molar-refractivity contribution >= 4 is 22.5 Å². The van der Waals surface area contributed by atoms with Gasteiger partial charge in [0, 0.05) is 23.4 Å². The van der Waals surface area contributed by atoms with Crippen molar-refractivity contribution in [3.8, 4) is 11.8 Å². The number of hydrogen-bond donors (Lipinski definition) is 0. The molecule has 3 aromatic carbocycles. The Morgan fingerprint density at radius 3 is 2.29 bits per heavy atom. The number of allylic oxidation sites excluding steroid dienone is 1. The molecule has 0 aliphatic carbocycles. The first-order valence-corrected chi connectivity index (χ1v) is 9.37. The van der Waals surface area contributed by atoms with Gasteiger partial charge in [-0.3, -0.25) is 4.79 Å². The first-order chi connectivity index (χ1) is 14.9. The topological polar surface area (TPSA) is 43.4 Å². The minimum Gasteiger partial charge on any atom is -0.458 e. The van der Waals surface area contributed by atoms with Crippen LogP contribution in [-0.2, 0) is 27.4 Å². The Morgan fingerprint density at radius 2 is 1.61 bits per heavy atom. The maximum absolute atomic E-state index is 14.6. The summed E-state index contributed by atoms with van der Waals surface area (Å²) in [4.78, 5) is 22.6. The molecule has 0 spiro atoms. The molecule has 31 heavy (non-hydrogen) atoms. The van der Waals surface area contributed by atoms with Crippen molar-refractivity contribution in [2.24, 2.45) is 0 Å². The predicted octanol–water partition coefficient (Wildman–Crippen LogP) is 5.04. The second-order valence-electron chi connectivity index (χ2n) is 6.71. The van der Waals surface area contributed by atoms with E-state index in [0.717, 1.165) is 11.6 Å². The number of ketones is 1. The van der Waals surface area contributed by atoms with Crippen LogP contribution in [0.5, 0.6) is 0 Å². The second kappa shape index (κ2) is 9.64. The fourth-order valence-corrected chi connectivity index (χ4v) is 2.89. The molecule has 154 valence electrons. The lowest BCUT2D eigenvalue weighted by molar-refractivity contribution is -0.139. The highest BCUT2D eigenvalue weighted by atomic mass is 19.2. The van der Waals surface area contributed by atoms with E-state index in [9.17, 15) is 18.4 Å². The molecule has 0 heterocycles.